The molecule has 2 N–H and O–H groups in total. The van der Waals surface area contributed by atoms with Gasteiger partial charge in [0.05, 0.1) is 6.42 Å². The Morgan fingerprint density at radius 1 is 1.30 bits per heavy atom. The summed E-state index contributed by atoms with van der Waals surface area (Å²) in [5, 5.41) is 6.43. The van der Waals surface area contributed by atoms with Gasteiger partial charge in [0.2, 0.25) is 0 Å². The predicted octanol–water partition coefficient (Wildman–Crippen LogP) is 0.885. The van der Waals surface area contributed by atoms with Gasteiger partial charge in [-0.05, 0) is 18.1 Å². The zero-order valence-electron chi connectivity index (χ0n) is 10.6. The number of carbonyl (C=O) groups excluding carboxylic acids is 1. The van der Waals surface area contributed by atoms with Crippen LogP contribution in [0.3, 0.4) is 0 Å². The van der Waals surface area contributed by atoms with Crippen molar-refractivity contribution in [1.29, 1.82) is 0 Å². The van der Waals surface area contributed by atoms with Gasteiger partial charge in [-0.2, -0.15) is 8.42 Å². The second-order valence-electron chi connectivity index (χ2n) is 3.98. The van der Waals surface area contributed by atoms with Gasteiger partial charge >= 0.3 is 11.9 Å². The molecule has 110 valence electrons. The van der Waals surface area contributed by atoms with E-state index < -0.39 is 33.7 Å². The number of aliphatic carboxylic acids is 1. The van der Waals surface area contributed by atoms with E-state index in [2.05, 4.69) is 0 Å². The van der Waals surface area contributed by atoms with Gasteiger partial charge in [0.1, 0.15) is 5.75 Å². The molecule has 1 unspecified atom stereocenters. The number of esters is 1. The van der Waals surface area contributed by atoms with E-state index in [4.69, 9.17) is 14.4 Å². The topological polar surface area (TPSA) is 118 Å². The van der Waals surface area contributed by atoms with Gasteiger partial charge < -0.3 is 9.84 Å². The summed E-state index contributed by atoms with van der Waals surface area (Å²) in [6, 6.07) is 6.44. The summed E-state index contributed by atoms with van der Waals surface area (Å²) in [5.74, 6) is -2.72. The lowest BCUT2D eigenvalue weighted by atomic mass is 10.1. The van der Waals surface area contributed by atoms with Gasteiger partial charge in [0.25, 0.3) is 10.1 Å². The summed E-state index contributed by atoms with van der Waals surface area (Å²) in [4.78, 5) is 22.3. The summed E-state index contributed by atoms with van der Waals surface area (Å²) in [7, 11) is -4.85. The van der Waals surface area contributed by atoms with Gasteiger partial charge in [0.15, 0.2) is 5.25 Å². The van der Waals surface area contributed by atoms with Gasteiger partial charge in [-0.1, -0.05) is 25.1 Å². The Hall–Kier alpha value is -1.93. The molecule has 0 aliphatic carbocycles. The van der Waals surface area contributed by atoms with Crippen molar-refractivity contribution in [1.82, 2.24) is 0 Å². The Morgan fingerprint density at radius 3 is 2.40 bits per heavy atom. The summed E-state index contributed by atoms with van der Waals surface area (Å²) in [5.41, 5.74) is 0.658. The Morgan fingerprint density at radius 2 is 1.90 bits per heavy atom. The van der Waals surface area contributed by atoms with Gasteiger partial charge in [-0.3, -0.25) is 14.1 Å². The van der Waals surface area contributed by atoms with Crippen LogP contribution < -0.4 is 4.74 Å². The number of rotatable bonds is 6. The first-order valence-electron chi connectivity index (χ1n) is 5.73. The number of carboxylic acid groups (broad SMARTS) is 1. The molecule has 7 nitrogen and oxygen atoms in total. The molecule has 0 aliphatic heterocycles. The normalized spacial score (nSPS) is 12.7. The average Bonchev–Trinajstić information content (AvgIpc) is 2.35. The first kappa shape index (κ1) is 16.1. The number of hydrogen-bond donors (Lipinski definition) is 2. The van der Waals surface area contributed by atoms with Crippen LogP contribution in [0.5, 0.6) is 5.75 Å². The highest BCUT2D eigenvalue weighted by Gasteiger charge is 2.35. The molecule has 0 aromatic heterocycles. The number of ether oxygens (including phenoxy) is 1. The van der Waals surface area contributed by atoms with E-state index >= 15 is 0 Å². The second kappa shape index (κ2) is 6.49. The van der Waals surface area contributed by atoms with E-state index in [-0.39, 0.29) is 5.75 Å². The van der Waals surface area contributed by atoms with E-state index in [0.717, 1.165) is 0 Å². The molecule has 0 amide bonds. The SMILES string of the molecule is CCc1ccccc1OC(=O)C(CC(=O)O)S(=O)(=O)O. The number of para-hydroxylation sites is 1. The Balaban J connectivity index is 3.00. The summed E-state index contributed by atoms with van der Waals surface area (Å²) in [6.45, 7) is 1.81. The molecule has 0 bridgehead atoms. The van der Waals surface area contributed by atoms with E-state index in [0.29, 0.717) is 12.0 Å². The van der Waals surface area contributed by atoms with Crippen molar-refractivity contribution in [2.75, 3.05) is 0 Å². The van der Waals surface area contributed by atoms with E-state index in [9.17, 15) is 18.0 Å². The smallest absolute Gasteiger partial charge is 0.332 e. The molecule has 0 fully saturated rings. The zero-order valence-corrected chi connectivity index (χ0v) is 11.5. The first-order valence-corrected chi connectivity index (χ1v) is 7.23. The third kappa shape index (κ3) is 4.32. The van der Waals surface area contributed by atoms with Crippen LogP contribution in [0.15, 0.2) is 24.3 Å². The quantitative estimate of drug-likeness (QED) is 0.455. The number of carboxylic acids is 1. The third-order valence-corrected chi connectivity index (χ3v) is 3.62. The summed E-state index contributed by atoms with van der Waals surface area (Å²) in [6.07, 6.45) is -0.523. The zero-order chi connectivity index (χ0) is 15.3. The monoisotopic (exact) mass is 302 g/mol. The maximum atomic E-state index is 11.7. The Labute approximate surface area is 115 Å². The molecule has 8 heteroatoms. The van der Waals surface area contributed by atoms with Crippen LogP contribution in [0.2, 0.25) is 0 Å². The number of carbonyl (C=O) groups is 2. The highest BCUT2D eigenvalue weighted by Crippen LogP contribution is 2.20. The lowest BCUT2D eigenvalue weighted by Crippen LogP contribution is -2.35. The molecular weight excluding hydrogens is 288 g/mol. The molecule has 0 aliphatic rings. The van der Waals surface area contributed by atoms with Crippen LogP contribution in [0.1, 0.15) is 18.9 Å². The van der Waals surface area contributed by atoms with Gasteiger partial charge in [-0.15, -0.1) is 0 Å². The van der Waals surface area contributed by atoms with E-state index in [1.165, 1.54) is 6.07 Å². The van der Waals surface area contributed by atoms with Crippen LogP contribution in [-0.2, 0) is 26.1 Å². The molecule has 1 atom stereocenters. The van der Waals surface area contributed by atoms with E-state index in [1.54, 1.807) is 18.2 Å². The van der Waals surface area contributed by atoms with Crippen molar-refractivity contribution in [3.05, 3.63) is 29.8 Å². The van der Waals surface area contributed by atoms with Crippen molar-refractivity contribution in [2.24, 2.45) is 0 Å². The van der Waals surface area contributed by atoms with Crippen LogP contribution >= 0.6 is 0 Å². The number of hydrogen-bond acceptors (Lipinski definition) is 5. The van der Waals surface area contributed by atoms with E-state index in [1.807, 2.05) is 6.92 Å². The standard InChI is InChI=1S/C12H14O7S/c1-2-8-5-3-4-6-9(8)19-12(15)10(7-11(13)14)20(16,17)18/h3-6,10H,2,7H2,1H3,(H,13,14)(H,16,17,18). The van der Waals surface area contributed by atoms with Crippen LogP contribution in [0.4, 0.5) is 0 Å². The average molecular weight is 302 g/mol. The largest absolute Gasteiger partial charge is 0.481 e. The summed E-state index contributed by atoms with van der Waals surface area (Å²) >= 11 is 0. The van der Waals surface area contributed by atoms with Crippen LogP contribution in [0.25, 0.3) is 0 Å². The van der Waals surface area contributed by atoms with Gasteiger partial charge in [-0.25, -0.2) is 0 Å². The van der Waals surface area contributed by atoms with Crippen molar-refractivity contribution in [2.45, 2.75) is 25.0 Å². The molecule has 1 rings (SSSR count). The van der Waals surface area contributed by atoms with Crippen molar-refractivity contribution < 1.29 is 32.4 Å². The molecule has 20 heavy (non-hydrogen) atoms. The van der Waals surface area contributed by atoms with Crippen LogP contribution in [0, 0.1) is 0 Å². The highest BCUT2D eigenvalue weighted by molar-refractivity contribution is 7.87. The maximum Gasteiger partial charge on any atom is 0.332 e. The third-order valence-electron chi connectivity index (χ3n) is 2.55. The van der Waals surface area contributed by atoms with Crippen molar-refractivity contribution in [3.63, 3.8) is 0 Å². The minimum absolute atomic E-state index is 0.138. The minimum atomic E-state index is -4.85. The highest BCUT2D eigenvalue weighted by atomic mass is 32.2. The maximum absolute atomic E-state index is 11.7. The molecule has 0 saturated heterocycles. The van der Waals surface area contributed by atoms with Crippen LogP contribution in [-0.4, -0.2) is 35.3 Å². The lowest BCUT2D eigenvalue weighted by Gasteiger charge is -2.13. The van der Waals surface area contributed by atoms with Crippen molar-refractivity contribution >= 4 is 22.1 Å². The molecule has 0 saturated carbocycles. The Bertz CT molecular complexity index is 606. The number of benzene rings is 1. The predicted molar refractivity (Wildman–Crippen MR) is 69.0 cm³/mol. The lowest BCUT2D eigenvalue weighted by molar-refractivity contribution is -0.142. The first-order chi connectivity index (χ1) is 9.25. The minimum Gasteiger partial charge on any atom is -0.481 e. The van der Waals surface area contributed by atoms with Gasteiger partial charge in [0, 0.05) is 0 Å². The van der Waals surface area contributed by atoms with Crippen molar-refractivity contribution in [3.8, 4) is 5.75 Å². The second-order valence-corrected chi connectivity index (χ2v) is 5.58. The molecular formula is C12H14O7S. The number of aryl methyl sites for hydroxylation is 1. The fourth-order valence-corrected chi connectivity index (χ4v) is 2.18. The Kier molecular flexibility index (Phi) is 5.23. The molecule has 0 spiro atoms. The molecule has 0 radical (unpaired) electrons. The molecule has 0 heterocycles. The molecule has 1 aromatic carbocycles. The molecule has 1 aromatic rings. The fourth-order valence-electron chi connectivity index (χ4n) is 1.54. The fraction of sp³-hybridized carbons (Fsp3) is 0.333. The summed E-state index contributed by atoms with van der Waals surface area (Å²) < 4.78 is 35.9.